The van der Waals surface area contributed by atoms with Gasteiger partial charge in [0.25, 0.3) is 0 Å². The van der Waals surface area contributed by atoms with Crippen LogP contribution in [0.2, 0.25) is 0 Å². The van der Waals surface area contributed by atoms with Crippen LogP contribution in [0.3, 0.4) is 0 Å². The van der Waals surface area contributed by atoms with Crippen LogP contribution in [0.25, 0.3) is 0 Å². The van der Waals surface area contributed by atoms with Crippen LogP contribution in [0.1, 0.15) is 25.5 Å². The Balaban J connectivity index is 2.42. The summed E-state index contributed by atoms with van der Waals surface area (Å²) in [7, 11) is 0. The molecule has 24 heavy (non-hydrogen) atoms. The molecule has 6 heteroatoms. The van der Waals surface area contributed by atoms with Gasteiger partial charge in [0.1, 0.15) is 12.2 Å². The second kappa shape index (κ2) is 6.83. The lowest BCUT2D eigenvalue weighted by atomic mass is 9.96. The van der Waals surface area contributed by atoms with E-state index < -0.39 is 36.0 Å². The Morgan fingerprint density at radius 2 is 1.92 bits per heavy atom. The van der Waals surface area contributed by atoms with Gasteiger partial charge in [-0.3, -0.25) is 0 Å². The van der Waals surface area contributed by atoms with Crippen molar-refractivity contribution in [2.45, 2.75) is 43.9 Å². The molecule has 1 aromatic carbocycles. The summed E-state index contributed by atoms with van der Waals surface area (Å²) in [6, 6.07) is 8.80. The molecule has 1 aromatic rings. The number of rotatable bonds is 6. The molecule has 0 amide bonds. The summed E-state index contributed by atoms with van der Waals surface area (Å²) in [6.07, 6.45) is -2.67. The molecular weight excluding hydrogens is 318 g/mol. The summed E-state index contributed by atoms with van der Waals surface area (Å²) in [5.41, 5.74) is 0.646. The minimum absolute atomic E-state index is 0.435. The van der Waals surface area contributed by atoms with Gasteiger partial charge in [0.2, 0.25) is 0 Å². The standard InChI is InChI=1S/C18H20F2O4/c1-5-13(21)22-16(18(19,20)6-2)15-14(23-17(3,4)24-15)12-10-8-7-9-11-12/h5-11,14-16H,1-2H2,3-4H3/t14-,15-,16-/m1/s1. The quantitative estimate of drug-likeness (QED) is 0.450. The molecule has 3 atom stereocenters. The van der Waals surface area contributed by atoms with Crippen molar-refractivity contribution in [2.24, 2.45) is 0 Å². The lowest BCUT2D eigenvalue weighted by Gasteiger charge is -2.30. The molecule has 0 radical (unpaired) electrons. The van der Waals surface area contributed by atoms with Gasteiger partial charge < -0.3 is 14.2 Å². The second-order valence-electron chi connectivity index (χ2n) is 5.87. The maximum Gasteiger partial charge on any atom is 0.330 e. The molecule has 4 nitrogen and oxygen atoms in total. The number of halogens is 2. The van der Waals surface area contributed by atoms with Crippen LogP contribution in [0.15, 0.2) is 55.6 Å². The van der Waals surface area contributed by atoms with Crippen LogP contribution < -0.4 is 0 Å². The SMILES string of the molecule is C=CC(=O)O[C@H]([C@@H]1OC(C)(C)O[C@@H]1c1ccccc1)C(F)(F)C=C. The molecule has 1 heterocycles. The predicted octanol–water partition coefficient (Wildman–Crippen LogP) is 3.80. The van der Waals surface area contributed by atoms with Crippen LogP contribution >= 0.6 is 0 Å². The third-order valence-electron chi connectivity index (χ3n) is 3.62. The average Bonchev–Trinajstić information content (AvgIpc) is 2.88. The first-order valence-corrected chi connectivity index (χ1v) is 7.45. The zero-order valence-electron chi connectivity index (χ0n) is 13.6. The molecule has 0 aliphatic carbocycles. The predicted molar refractivity (Wildman–Crippen MR) is 84.4 cm³/mol. The fourth-order valence-electron chi connectivity index (χ4n) is 2.57. The highest BCUT2D eigenvalue weighted by molar-refractivity contribution is 5.81. The molecule has 2 rings (SSSR count). The summed E-state index contributed by atoms with van der Waals surface area (Å²) in [5, 5.41) is 0. The van der Waals surface area contributed by atoms with E-state index >= 15 is 0 Å². The van der Waals surface area contributed by atoms with E-state index in [9.17, 15) is 13.6 Å². The van der Waals surface area contributed by atoms with Crippen LogP contribution in [0, 0.1) is 0 Å². The van der Waals surface area contributed by atoms with Crippen molar-refractivity contribution in [3.05, 3.63) is 61.2 Å². The first kappa shape index (κ1) is 18.3. The van der Waals surface area contributed by atoms with Crippen molar-refractivity contribution >= 4 is 5.97 Å². The van der Waals surface area contributed by atoms with E-state index in [1.54, 1.807) is 44.2 Å². The topological polar surface area (TPSA) is 44.8 Å². The summed E-state index contributed by atoms with van der Waals surface area (Å²) in [6.45, 7) is 9.59. The van der Waals surface area contributed by atoms with Gasteiger partial charge in [0.15, 0.2) is 11.9 Å². The number of ether oxygens (including phenoxy) is 3. The Morgan fingerprint density at radius 3 is 2.46 bits per heavy atom. The zero-order valence-corrected chi connectivity index (χ0v) is 13.6. The van der Waals surface area contributed by atoms with Gasteiger partial charge in [-0.1, -0.05) is 43.5 Å². The van der Waals surface area contributed by atoms with E-state index in [0.717, 1.165) is 6.08 Å². The van der Waals surface area contributed by atoms with Crippen molar-refractivity contribution in [3.8, 4) is 0 Å². The Bertz CT molecular complexity index is 613. The highest BCUT2D eigenvalue weighted by atomic mass is 19.3. The fraction of sp³-hybridized carbons (Fsp3) is 0.389. The molecule has 0 saturated carbocycles. The van der Waals surface area contributed by atoms with Crippen LogP contribution in [0.5, 0.6) is 0 Å². The second-order valence-corrected chi connectivity index (χ2v) is 5.87. The molecule has 0 unspecified atom stereocenters. The molecule has 0 N–H and O–H groups in total. The molecule has 1 saturated heterocycles. The summed E-state index contributed by atoms with van der Waals surface area (Å²) in [5.74, 6) is -5.58. The van der Waals surface area contributed by atoms with Crippen molar-refractivity contribution in [3.63, 3.8) is 0 Å². The molecule has 1 aliphatic heterocycles. The molecule has 0 spiro atoms. The van der Waals surface area contributed by atoms with Crippen LogP contribution in [-0.4, -0.2) is 29.9 Å². The molecule has 0 bridgehead atoms. The normalized spacial score (nSPS) is 24.2. The number of carbonyl (C=O) groups is 1. The highest BCUT2D eigenvalue weighted by Gasteiger charge is 2.55. The Hall–Kier alpha value is -2.05. The van der Waals surface area contributed by atoms with E-state index in [1.807, 2.05) is 0 Å². The smallest absolute Gasteiger partial charge is 0.330 e. The lowest BCUT2D eigenvalue weighted by molar-refractivity contribution is -0.195. The van der Waals surface area contributed by atoms with Gasteiger partial charge in [-0.25, -0.2) is 4.79 Å². The van der Waals surface area contributed by atoms with Gasteiger partial charge in [-0.05, 0) is 25.5 Å². The van der Waals surface area contributed by atoms with Crippen molar-refractivity contribution in [1.29, 1.82) is 0 Å². The number of carbonyl (C=O) groups excluding carboxylic acids is 1. The van der Waals surface area contributed by atoms with Crippen LogP contribution in [0.4, 0.5) is 8.78 Å². The summed E-state index contributed by atoms with van der Waals surface area (Å²) >= 11 is 0. The monoisotopic (exact) mass is 338 g/mol. The third-order valence-corrected chi connectivity index (χ3v) is 3.62. The highest BCUT2D eigenvalue weighted by Crippen LogP contribution is 2.43. The number of hydrogen-bond acceptors (Lipinski definition) is 4. The Kier molecular flexibility index (Phi) is 5.20. The van der Waals surface area contributed by atoms with Gasteiger partial charge in [-0.15, -0.1) is 0 Å². The Labute approximate surface area is 139 Å². The minimum atomic E-state index is -3.50. The van der Waals surface area contributed by atoms with E-state index in [1.165, 1.54) is 0 Å². The summed E-state index contributed by atoms with van der Waals surface area (Å²) < 4.78 is 45.0. The number of esters is 1. The molecule has 0 aromatic heterocycles. The lowest BCUT2D eigenvalue weighted by Crippen LogP contribution is -2.47. The zero-order chi connectivity index (χ0) is 18.0. The molecule has 130 valence electrons. The maximum absolute atomic E-state index is 14.3. The molecule has 1 fully saturated rings. The van der Waals surface area contributed by atoms with E-state index in [4.69, 9.17) is 14.2 Å². The number of alkyl halides is 2. The first-order chi connectivity index (χ1) is 11.2. The van der Waals surface area contributed by atoms with E-state index in [0.29, 0.717) is 11.6 Å². The van der Waals surface area contributed by atoms with Crippen molar-refractivity contribution < 1.29 is 27.8 Å². The molecular formula is C18H20F2O4. The van der Waals surface area contributed by atoms with Crippen molar-refractivity contribution in [2.75, 3.05) is 0 Å². The van der Waals surface area contributed by atoms with Gasteiger partial charge in [0.05, 0.1) is 0 Å². The number of benzene rings is 1. The van der Waals surface area contributed by atoms with E-state index in [2.05, 4.69) is 13.2 Å². The van der Waals surface area contributed by atoms with Crippen LogP contribution in [-0.2, 0) is 19.0 Å². The van der Waals surface area contributed by atoms with Gasteiger partial charge in [-0.2, -0.15) is 8.78 Å². The third kappa shape index (κ3) is 3.88. The van der Waals surface area contributed by atoms with Gasteiger partial charge in [0, 0.05) is 6.08 Å². The largest absolute Gasteiger partial charge is 0.449 e. The minimum Gasteiger partial charge on any atom is -0.449 e. The van der Waals surface area contributed by atoms with E-state index in [-0.39, 0.29) is 0 Å². The Morgan fingerprint density at radius 1 is 1.29 bits per heavy atom. The fourth-order valence-corrected chi connectivity index (χ4v) is 2.57. The maximum atomic E-state index is 14.3. The summed E-state index contributed by atoms with van der Waals surface area (Å²) in [4.78, 5) is 11.5. The average molecular weight is 338 g/mol. The van der Waals surface area contributed by atoms with Crippen molar-refractivity contribution in [1.82, 2.24) is 0 Å². The first-order valence-electron chi connectivity index (χ1n) is 7.45. The molecule has 1 aliphatic rings. The van der Waals surface area contributed by atoms with Gasteiger partial charge >= 0.3 is 11.9 Å². The number of hydrogen-bond donors (Lipinski definition) is 0.